The monoisotopic (exact) mass is 291 g/mol. The summed E-state index contributed by atoms with van der Waals surface area (Å²) in [6.45, 7) is 4.21. The Balaban J connectivity index is 3.19. The standard InChI is InChI=1S/C14H17N3O4/c1-3-7-16(10-14(18)21-4-2)13-8-11(9-15)5-6-12(13)17(19)20/h5-6,8H,3-4,7,10H2,1-2H3. The first-order chi connectivity index (χ1) is 10.0. The van der Waals surface area contributed by atoms with Gasteiger partial charge in [-0.15, -0.1) is 0 Å². The molecule has 0 atom stereocenters. The van der Waals surface area contributed by atoms with E-state index >= 15 is 0 Å². The van der Waals surface area contributed by atoms with Gasteiger partial charge in [0.1, 0.15) is 12.2 Å². The van der Waals surface area contributed by atoms with Gasteiger partial charge in [-0.05, 0) is 25.5 Å². The maximum atomic E-state index is 11.6. The van der Waals surface area contributed by atoms with E-state index in [0.717, 1.165) is 0 Å². The number of nitriles is 1. The van der Waals surface area contributed by atoms with E-state index < -0.39 is 10.9 Å². The number of nitro benzene ring substituents is 1. The van der Waals surface area contributed by atoms with Crippen LogP contribution in [0.25, 0.3) is 0 Å². The number of nitro groups is 1. The Morgan fingerprint density at radius 1 is 1.48 bits per heavy atom. The second-order valence-corrected chi connectivity index (χ2v) is 4.30. The third kappa shape index (κ3) is 4.45. The first-order valence-corrected chi connectivity index (χ1v) is 6.62. The van der Waals surface area contributed by atoms with Crippen molar-refractivity contribution in [3.63, 3.8) is 0 Å². The summed E-state index contributed by atoms with van der Waals surface area (Å²) in [7, 11) is 0. The molecule has 7 nitrogen and oxygen atoms in total. The highest BCUT2D eigenvalue weighted by atomic mass is 16.6. The van der Waals surface area contributed by atoms with E-state index in [1.165, 1.54) is 18.2 Å². The van der Waals surface area contributed by atoms with Crippen LogP contribution in [0.1, 0.15) is 25.8 Å². The SMILES string of the molecule is CCCN(CC(=O)OCC)c1cc(C#N)ccc1[N+](=O)[O-]. The van der Waals surface area contributed by atoms with E-state index in [1.807, 2.05) is 13.0 Å². The van der Waals surface area contributed by atoms with Crippen molar-refractivity contribution >= 4 is 17.3 Å². The molecule has 0 aromatic heterocycles. The molecule has 0 unspecified atom stereocenters. The highest BCUT2D eigenvalue weighted by Crippen LogP contribution is 2.29. The van der Waals surface area contributed by atoms with Crippen molar-refractivity contribution in [2.24, 2.45) is 0 Å². The molecule has 0 fully saturated rings. The summed E-state index contributed by atoms with van der Waals surface area (Å²) < 4.78 is 4.88. The highest BCUT2D eigenvalue weighted by Gasteiger charge is 2.22. The Morgan fingerprint density at radius 3 is 2.71 bits per heavy atom. The molecule has 1 aromatic rings. The number of esters is 1. The molecule has 0 heterocycles. The molecule has 1 aromatic carbocycles. The molecule has 0 aliphatic rings. The fourth-order valence-electron chi connectivity index (χ4n) is 1.92. The van der Waals surface area contributed by atoms with Crippen molar-refractivity contribution in [3.05, 3.63) is 33.9 Å². The number of nitrogens with zero attached hydrogens (tertiary/aromatic N) is 3. The van der Waals surface area contributed by atoms with Crippen LogP contribution in [-0.2, 0) is 9.53 Å². The van der Waals surface area contributed by atoms with Crippen molar-refractivity contribution in [1.82, 2.24) is 0 Å². The fraction of sp³-hybridized carbons (Fsp3) is 0.429. The predicted molar refractivity (Wildman–Crippen MR) is 76.9 cm³/mol. The van der Waals surface area contributed by atoms with Crippen LogP contribution in [0.3, 0.4) is 0 Å². The zero-order chi connectivity index (χ0) is 15.8. The molecule has 0 aliphatic heterocycles. The topological polar surface area (TPSA) is 96.5 Å². The van der Waals surface area contributed by atoms with E-state index in [4.69, 9.17) is 10.00 Å². The van der Waals surface area contributed by atoms with Gasteiger partial charge in [-0.3, -0.25) is 14.9 Å². The van der Waals surface area contributed by atoms with Gasteiger partial charge in [0.15, 0.2) is 0 Å². The number of carbonyl (C=O) groups is 1. The third-order valence-corrected chi connectivity index (χ3v) is 2.76. The van der Waals surface area contributed by atoms with Crippen molar-refractivity contribution in [1.29, 1.82) is 5.26 Å². The van der Waals surface area contributed by atoms with Crippen LogP contribution in [0.5, 0.6) is 0 Å². The molecule has 0 aliphatic carbocycles. The van der Waals surface area contributed by atoms with E-state index in [9.17, 15) is 14.9 Å². The molecule has 0 saturated heterocycles. The zero-order valence-corrected chi connectivity index (χ0v) is 12.0. The van der Waals surface area contributed by atoms with E-state index in [1.54, 1.807) is 11.8 Å². The lowest BCUT2D eigenvalue weighted by molar-refractivity contribution is -0.384. The van der Waals surface area contributed by atoms with Crippen LogP contribution in [0.15, 0.2) is 18.2 Å². The van der Waals surface area contributed by atoms with Gasteiger partial charge in [0.05, 0.1) is 23.2 Å². The van der Waals surface area contributed by atoms with Crippen LogP contribution in [-0.4, -0.2) is 30.6 Å². The summed E-state index contributed by atoms with van der Waals surface area (Å²) in [4.78, 5) is 23.8. The number of anilines is 1. The Labute approximate surface area is 122 Å². The van der Waals surface area contributed by atoms with Crippen molar-refractivity contribution < 1.29 is 14.5 Å². The zero-order valence-electron chi connectivity index (χ0n) is 12.0. The van der Waals surface area contributed by atoms with Crippen molar-refractivity contribution in [3.8, 4) is 6.07 Å². The first kappa shape index (κ1) is 16.4. The maximum absolute atomic E-state index is 11.6. The van der Waals surface area contributed by atoms with E-state index in [0.29, 0.717) is 18.5 Å². The van der Waals surface area contributed by atoms with Gasteiger partial charge in [-0.1, -0.05) is 6.92 Å². The van der Waals surface area contributed by atoms with Gasteiger partial charge >= 0.3 is 5.97 Å². The summed E-state index contributed by atoms with van der Waals surface area (Å²) >= 11 is 0. The minimum Gasteiger partial charge on any atom is -0.465 e. The average Bonchev–Trinajstić information content (AvgIpc) is 2.46. The molecule has 21 heavy (non-hydrogen) atoms. The normalized spacial score (nSPS) is 9.76. The molecule has 0 amide bonds. The predicted octanol–water partition coefficient (Wildman–Crippen LogP) is 2.25. The fourth-order valence-corrected chi connectivity index (χ4v) is 1.92. The lowest BCUT2D eigenvalue weighted by atomic mass is 10.1. The van der Waals surface area contributed by atoms with Gasteiger partial charge in [-0.25, -0.2) is 0 Å². The molecule has 0 N–H and O–H groups in total. The maximum Gasteiger partial charge on any atom is 0.325 e. The minimum absolute atomic E-state index is 0.0859. The summed E-state index contributed by atoms with van der Waals surface area (Å²) in [5.74, 6) is -0.456. The van der Waals surface area contributed by atoms with Crippen molar-refractivity contribution in [2.75, 3.05) is 24.6 Å². The van der Waals surface area contributed by atoms with Crippen LogP contribution < -0.4 is 4.90 Å². The smallest absolute Gasteiger partial charge is 0.325 e. The number of ether oxygens (including phenoxy) is 1. The minimum atomic E-state index is -0.524. The molecule has 0 saturated carbocycles. The Bertz CT molecular complexity index is 566. The van der Waals surface area contributed by atoms with E-state index in [-0.39, 0.29) is 24.5 Å². The largest absolute Gasteiger partial charge is 0.465 e. The molecular formula is C14H17N3O4. The number of hydrogen-bond donors (Lipinski definition) is 0. The summed E-state index contributed by atoms with van der Waals surface area (Å²) in [6, 6.07) is 6.03. The second-order valence-electron chi connectivity index (χ2n) is 4.30. The summed E-state index contributed by atoms with van der Waals surface area (Å²) in [5, 5.41) is 20.1. The molecule has 112 valence electrons. The Morgan fingerprint density at radius 2 is 2.19 bits per heavy atom. The first-order valence-electron chi connectivity index (χ1n) is 6.62. The molecule has 0 spiro atoms. The molecular weight excluding hydrogens is 274 g/mol. The van der Waals surface area contributed by atoms with Crippen LogP contribution in [0.4, 0.5) is 11.4 Å². The second kappa shape index (κ2) is 7.85. The Hall–Kier alpha value is -2.62. The number of benzene rings is 1. The average molecular weight is 291 g/mol. The van der Waals surface area contributed by atoms with Gasteiger partial charge in [0.25, 0.3) is 5.69 Å². The molecule has 7 heteroatoms. The van der Waals surface area contributed by atoms with Crippen LogP contribution in [0, 0.1) is 21.4 Å². The number of hydrogen-bond acceptors (Lipinski definition) is 6. The van der Waals surface area contributed by atoms with Gasteiger partial charge < -0.3 is 9.64 Å². The van der Waals surface area contributed by atoms with E-state index in [2.05, 4.69) is 0 Å². The quantitative estimate of drug-likeness (QED) is 0.434. The van der Waals surface area contributed by atoms with Crippen LogP contribution in [0.2, 0.25) is 0 Å². The molecule has 1 rings (SSSR count). The number of rotatable bonds is 7. The van der Waals surface area contributed by atoms with Gasteiger partial charge in [-0.2, -0.15) is 5.26 Å². The lowest BCUT2D eigenvalue weighted by Crippen LogP contribution is -2.32. The third-order valence-electron chi connectivity index (χ3n) is 2.76. The highest BCUT2D eigenvalue weighted by molar-refractivity contribution is 5.78. The Kier molecular flexibility index (Phi) is 6.14. The summed E-state index contributed by atoms with van der Waals surface area (Å²) in [5.41, 5.74) is 0.432. The lowest BCUT2D eigenvalue weighted by Gasteiger charge is -2.23. The van der Waals surface area contributed by atoms with Crippen LogP contribution >= 0.6 is 0 Å². The van der Waals surface area contributed by atoms with Crippen molar-refractivity contribution in [2.45, 2.75) is 20.3 Å². The van der Waals surface area contributed by atoms with Gasteiger partial charge in [0.2, 0.25) is 0 Å². The van der Waals surface area contributed by atoms with Gasteiger partial charge in [0, 0.05) is 12.6 Å². The molecule has 0 bridgehead atoms. The number of carbonyl (C=O) groups excluding carboxylic acids is 1. The molecule has 0 radical (unpaired) electrons. The summed E-state index contributed by atoms with van der Waals surface area (Å²) in [6.07, 6.45) is 0.702.